The van der Waals surface area contributed by atoms with E-state index in [1.165, 1.54) is 0 Å². The van der Waals surface area contributed by atoms with E-state index < -0.39 is 8.60 Å². The Morgan fingerprint density at radius 3 is 1.03 bits per heavy atom. The summed E-state index contributed by atoms with van der Waals surface area (Å²) in [5, 5.41) is 0. The van der Waals surface area contributed by atoms with Crippen LogP contribution in [-0.2, 0) is 0 Å². The van der Waals surface area contributed by atoms with Gasteiger partial charge in [-0.1, -0.05) is 56.2 Å². The average molecular weight is 478 g/mol. The van der Waals surface area contributed by atoms with Gasteiger partial charge < -0.3 is 27.8 Å². The van der Waals surface area contributed by atoms with Crippen LogP contribution < -0.4 is 27.8 Å². The van der Waals surface area contributed by atoms with E-state index in [1.807, 2.05) is 18.2 Å². The van der Waals surface area contributed by atoms with Gasteiger partial charge in [0.1, 0.15) is 0 Å². The molecule has 0 fully saturated rings. The summed E-state index contributed by atoms with van der Waals surface area (Å²) in [5.74, 6) is 2.85. The second kappa shape index (κ2) is 11.8. The topological polar surface area (TPSA) is 55.4 Å². The molecule has 3 aromatic carbocycles. The highest BCUT2D eigenvalue weighted by molar-refractivity contribution is 7.43. The van der Waals surface area contributed by atoms with Crippen LogP contribution in [0.2, 0.25) is 0 Å². The van der Waals surface area contributed by atoms with E-state index in [9.17, 15) is 0 Å². The minimum absolute atomic E-state index is 0.434. The molecule has 34 heavy (non-hydrogen) atoms. The van der Waals surface area contributed by atoms with E-state index in [0.717, 1.165) is 16.7 Å². The summed E-state index contributed by atoms with van der Waals surface area (Å²) < 4.78 is 35.1. The first-order valence-electron chi connectivity index (χ1n) is 10.3. The third kappa shape index (κ3) is 5.91. The molecule has 0 saturated heterocycles. The minimum Gasteiger partial charge on any atom is -0.493 e. The SMILES string of the molecule is C=Cc1ccc(OC)c(OP(Oc2cc(C=C)ccc2OC)Oc2cc(C=C)ccc2OC)c1. The van der Waals surface area contributed by atoms with E-state index >= 15 is 0 Å². The number of ether oxygens (including phenoxy) is 3. The highest BCUT2D eigenvalue weighted by atomic mass is 31.2. The summed E-state index contributed by atoms with van der Waals surface area (Å²) in [5.41, 5.74) is 2.55. The summed E-state index contributed by atoms with van der Waals surface area (Å²) >= 11 is 0. The third-order valence-corrected chi connectivity index (χ3v) is 5.83. The Bertz CT molecular complexity index is 1030. The van der Waals surface area contributed by atoms with Crippen LogP contribution >= 0.6 is 8.60 Å². The van der Waals surface area contributed by atoms with Crippen molar-refractivity contribution in [1.29, 1.82) is 0 Å². The van der Waals surface area contributed by atoms with E-state index in [1.54, 1.807) is 76.0 Å². The maximum absolute atomic E-state index is 6.22. The predicted molar refractivity (Wildman–Crippen MR) is 138 cm³/mol. The van der Waals surface area contributed by atoms with Gasteiger partial charge in [0.05, 0.1) is 21.3 Å². The lowest BCUT2D eigenvalue weighted by atomic mass is 10.2. The second-order valence-electron chi connectivity index (χ2n) is 6.84. The highest BCUT2D eigenvalue weighted by Crippen LogP contribution is 2.49. The molecule has 0 bridgehead atoms. The van der Waals surface area contributed by atoms with Crippen LogP contribution in [-0.4, -0.2) is 21.3 Å². The van der Waals surface area contributed by atoms with Gasteiger partial charge in [-0.3, -0.25) is 0 Å². The second-order valence-corrected chi connectivity index (χ2v) is 7.84. The Balaban J connectivity index is 2.05. The molecule has 6 nitrogen and oxygen atoms in total. The van der Waals surface area contributed by atoms with Gasteiger partial charge >= 0.3 is 8.60 Å². The lowest BCUT2D eigenvalue weighted by Crippen LogP contribution is -2.05. The van der Waals surface area contributed by atoms with Crippen molar-refractivity contribution < 1.29 is 27.8 Å². The monoisotopic (exact) mass is 478 g/mol. The molecule has 0 amide bonds. The Kier molecular flexibility index (Phi) is 8.60. The molecule has 0 unspecified atom stereocenters. The van der Waals surface area contributed by atoms with Crippen molar-refractivity contribution in [1.82, 2.24) is 0 Å². The third-order valence-electron chi connectivity index (χ3n) is 4.79. The summed E-state index contributed by atoms with van der Waals surface area (Å²) in [7, 11) is 2.64. The Morgan fingerprint density at radius 1 is 0.500 bits per heavy atom. The van der Waals surface area contributed by atoms with Gasteiger partial charge in [0, 0.05) is 0 Å². The first-order chi connectivity index (χ1) is 16.5. The van der Waals surface area contributed by atoms with Crippen LogP contribution in [0.5, 0.6) is 34.5 Å². The Labute approximate surface area is 201 Å². The molecule has 3 aromatic rings. The van der Waals surface area contributed by atoms with E-state index in [4.69, 9.17) is 27.8 Å². The minimum atomic E-state index is -2.05. The van der Waals surface area contributed by atoms with Crippen LogP contribution in [0.1, 0.15) is 16.7 Å². The van der Waals surface area contributed by atoms with Gasteiger partial charge in [-0.05, 0) is 53.1 Å². The van der Waals surface area contributed by atoms with Gasteiger partial charge in [0.2, 0.25) is 0 Å². The van der Waals surface area contributed by atoms with Crippen molar-refractivity contribution in [3.8, 4) is 34.5 Å². The lowest BCUT2D eigenvalue weighted by molar-refractivity contribution is 0.338. The molecule has 0 aromatic heterocycles. The molecule has 7 heteroatoms. The van der Waals surface area contributed by atoms with Crippen LogP contribution in [0.25, 0.3) is 18.2 Å². The van der Waals surface area contributed by atoms with Gasteiger partial charge in [-0.15, -0.1) is 0 Å². The van der Waals surface area contributed by atoms with Crippen molar-refractivity contribution in [2.45, 2.75) is 0 Å². The largest absolute Gasteiger partial charge is 0.530 e. The fourth-order valence-electron chi connectivity index (χ4n) is 2.97. The molecular formula is C27H27O6P. The quantitative estimate of drug-likeness (QED) is 0.253. The normalized spacial score (nSPS) is 10.2. The zero-order valence-corrected chi connectivity index (χ0v) is 20.3. The van der Waals surface area contributed by atoms with Gasteiger partial charge in [0.25, 0.3) is 0 Å². The molecule has 0 spiro atoms. The number of rotatable bonds is 12. The first kappa shape index (κ1) is 24.7. The molecular weight excluding hydrogens is 451 g/mol. The van der Waals surface area contributed by atoms with Gasteiger partial charge in [-0.25, -0.2) is 0 Å². The summed E-state index contributed by atoms with van der Waals surface area (Å²) in [6, 6.07) is 16.4. The standard InChI is InChI=1S/C27H27O6P/c1-7-19-10-13-22(28-4)25(16-19)31-34(32-26-17-20(8-2)11-14-23(26)29-5)33-27-18-21(9-3)12-15-24(27)30-6/h7-18H,1-3H2,4-6H3. The fraction of sp³-hybridized carbons (Fsp3) is 0.111. The highest BCUT2D eigenvalue weighted by Gasteiger charge is 2.25. The summed E-state index contributed by atoms with van der Waals surface area (Å²) in [6.07, 6.45) is 5.14. The maximum Gasteiger partial charge on any atom is 0.530 e. The molecule has 0 radical (unpaired) electrons. The molecule has 0 saturated carbocycles. The van der Waals surface area contributed by atoms with Crippen molar-refractivity contribution >= 4 is 26.8 Å². The Morgan fingerprint density at radius 2 is 0.794 bits per heavy atom. The number of benzene rings is 3. The van der Waals surface area contributed by atoms with Crippen LogP contribution in [0.3, 0.4) is 0 Å². The first-order valence-corrected chi connectivity index (χ1v) is 11.4. The van der Waals surface area contributed by atoms with Crippen molar-refractivity contribution in [3.05, 3.63) is 91.0 Å². The fourth-order valence-corrected chi connectivity index (χ4v) is 3.99. The number of methoxy groups -OCH3 is 3. The molecule has 176 valence electrons. The van der Waals surface area contributed by atoms with Crippen molar-refractivity contribution in [2.24, 2.45) is 0 Å². The predicted octanol–water partition coefficient (Wildman–Crippen LogP) is 7.41. The van der Waals surface area contributed by atoms with E-state index in [0.29, 0.717) is 34.5 Å². The van der Waals surface area contributed by atoms with Crippen molar-refractivity contribution in [2.75, 3.05) is 21.3 Å². The maximum atomic E-state index is 6.22. The van der Waals surface area contributed by atoms with Crippen LogP contribution in [0.15, 0.2) is 74.3 Å². The summed E-state index contributed by atoms with van der Waals surface area (Å²) in [6.45, 7) is 11.5. The average Bonchev–Trinajstić information content (AvgIpc) is 2.88. The zero-order chi connectivity index (χ0) is 24.5. The molecule has 0 N–H and O–H groups in total. The van der Waals surface area contributed by atoms with E-state index in [-0.39, 0.29) is 0 Å². The molecule has 0 heterocycles. The zero-order valence-electron chi connectivity index (χ0n) is 19.4. The van der Waals surface area contributed by atoms with Crippen LogP contribution in [0.4, 0.5) is 0 Å². The number of hydrogen-bond acceptors (Lipinski definition) is 6. The summed E-state index contributed by atoms with van der Waals surface area (Å²) in [4.78, 5) is 0. The molecule has 3 rings (SSSR count). The molecule has 0 aliphatic carbocycles. The Hall–Kier alpha value is -3.89. The van der Waals surface area contributed by atoms with Gasteiger partial charge in [-0.2, -0.15) is 0 Å². The van der Waals surface area contributed by atoms with Crippen molar-refractivity contribution in [3.63, 3.8) is 0 Å². The number of hydrogen-bond donors (Lipinski definition) is 0. The van der Waals surface area contributed by atoms with Gasteiger partial charge in [0.15, 0.2) is 34.5 Å². The van der Waals surface area contributed by atoms with E-state index in [2.05, 4.69) is 19.7 Å². The molecule has 0 aliphatic rings. The molecule has 0 atom stereocenters. The van der Waals surface area contributed by atoms with Crippen LogP contribution in [0, 0.1) is 0 Å². The lowest BCUT2D eigenvalue weighted by Gasteiger charge is -2.21. The smallest absolute Gasteiger partial charge is 0.493 e. The molecule has 0 aliphatic heterocycles.